The van der Waals surface area contributed by atoms with Gasteiger partial charge in [0.15, 0.2) is 5.58 Å². The fourth-order valence-electron chi connectivity index (χ4n) is 3.09. The number of amides is 1. The number of aryl methyl sites for hydroxylation is 1. The van der Waals surface area contributed by atoms with Gasteiger partial charge in [0.1, 0.15) is 17.6 Å². The molecule has 0 bridgehead atoms. The lowest BCUT2D eigenvalue weighted by Crippen LogP contribution is -2.32. The number of benzene rings is 2. The van der Waals surface area contributed by atoms with Gasteiger partial charge in [-0.15, -0.1) is 0 Å². The van der Waals surface area contributed by atoms with Gasteiger partial charge in [0.05, 0.1) is 11.9 Å². The first-order valence-corrected chi connectivity index (χ1v) is 9.38. The van der Waals surface area contributed by atoms with Crippen molar-refractivity contribution in [3.8, 4) is 0 Å². The van der Waals surface area contributed by atoms with Crippen molar-refractivity contribution in [3.63, 3.8) is 0 Å². The number of nitrogens with zero attached hydrogens (tertiary/aromatic N) is 4. The third-order valence-corrected chi connectivity index (χ3v) is 4.52. The van der Waals surface area contributed by atoms with Crippen LogP contribution < -0.4 is 11.0 Å². The van der Waals surface area contributed by atoms with Crippen molar-refractivity contribution in [2.24, 2.45) is 5.10 Å². The zero-order valence-corrected chi connectivity index (χ0v) is 16.3. The molecule has 30 heavy (non-hydrogen) atoms. The summed E-state index contributed by atoms with van der Waals surface area (Å²) in [5.74, 6) is -0.462. The summed E-state index contributed by atoms with van der Waals surface area (Å²) >= 11 is 0. The number of rotatable bonds is 6. The standard InChI is InChI=1S/C22H19N5O3/c1-15-20-21(30-26-15)18(12-16-8-4-2-5-9-16)25-27(22(20)29)14-19(28)24-23-13-17-10-6-3-7-11-17/h2-11,13H,12,14H2,1H3,(H,24,28)/b23-13-. The van der Waals surface area contributed by atoms with Gasteiger partial charge in [-0.3, -0.25) is 9.59 Å². The summed E-state index contributed by atoms with van der Waals surface area (Å²) in [6.07, 6.45) is 1.97. The largest absolute Gasteiger partial charge is 0.354 e. The minimum Gasteiger partial charge on any atom is -0.354 e. The first-order chi connectivity index (χ1) is 14.6. The Hall–Kier alpha value is -4.07. The summed E-state index contributed by atoms with van der Waals surface area (Å²) in [6.45, 7) is 1.42. The Bertz CT molecular complexity index is 1260. The predicted octanol–water partition coefficient (Wildman–Crippen LogP) is 2.43. The fraction of sp³-hybridized carbons (Fsp3) is 0.136. The van der Waals surface area contributed by atoms with Crippen LogP contribution in [0.5, 0.6) is 0 Å². The summed E-state index contributed by atoms with van der Waals surface area (Å²) in [5, 5.41) is 12.5. The molecule has 4 rings (SSSR count). The Morgan fingerprint density at radius 3 is 2.57 bits per heavy atom. The lowest BCUT2D eigenvalue weighted by Gasteiger charge is -2.07. The molecule has 1 N–H and O–H groups in total. The van der Waals surface area contributed by atoms with E-state index < -0.39 is 11.5 Å². The molecule has 8 nitrogen and oxygen atoms in total. The second-order valence-electron chi connectivity index (χ2n) is 6.75. The second-order valence-corrected chi connectivity index (χ2v) is 6.75. The van der Waals surface area contributed by atoms with Crippen LogP contribution in [0.15, 0.2) is 75.1 Å². The van der Waals surface area contributed by atoms with E-state index in [-0.39, 0.29) is 6.54 Å². The Morgan fingerprint density at radius 2 is 1.83 bits per heavy atom. The number of aromatic nitrogens is 3. The highest BCUT2D eigenvalue weighted by Gasteiger charge is 2.19. The van der Waals surface area contributed by atoms with Crippen LogP contribution in [-0.2, 0) is 17.8 Å². The number of nitrogens with one attached hydrogen (secondary N) is 1. The van der Waals surface area contributed by atoms with E-state index in [1.54, 1.807) is 6.92 Å². The Morgan fingerprint density at radius 1 is 1.13 bits per heavy atom. The predicted molar refractivity (Wildman–Crippen MR) is 112 cm³/mol. The van der Waals surface area contributed by atoms with Crippen molar-refractivity contribution in [1.82, 2.24) is 20.4 Å². The molecule has 150 valence electrons. The van der Waals surface area contributed by atoms with Crippen molar-refractivity contribution in [1.29, 1.82) is 0 Å². The van der Waals surface area contributed by atoms with Gasteiger partial charge in [-0.05, 0) is 18.1 Å². The first-order valence-electron chi connectivity index (χ1n) is 9.38. The fourth-order valence-corrected chi connectivity index (χ4v) is 3.09. The number of hydrazone groups is 1. The summed E-state index contributed by atoms with van der Waals surface area (Å²) in [5.41, 5.74) is 5.19. The molecular weight excluding hydrogens is 382 g/mol. The average Bonchev–Trinajstić information content (AvgIpc) is 3.15. The van der Waals surface area contributed by atoms with Crippen LogP contribution in [0.25, 0.3) is 11.0 Å². The highest BCUT2D eigenvalue weighted by Crippen LogP contribution is 2.19. The zero-order valence-electron chi connectivity index (χ0n) is 16.3. The zero-order chi connectivity index (χ0) is 20.9. The van der Waals surface area contributed by atoms with E-state index in [0.29, 0.717) is 28.8 Å². The van der Waals surface area contributed by atoms with Crippen molar-refractivity contribution in [2.75, 3.05) is 0 Å². The van der Waals surface area contributed by atoms with Gasteiger partial charge < -0.3 is 4.52 Å². The minimum absolute atomic E-state index is 0.271. The van der Waals surface area contributed by atoms with Crippen LogP contribution in [0.2, 0.25) is 0 Å². The molecule has 1 amide bonds. The maximum absolute atomic E-state index is 12.8. The van der Waals surface area contributed by atoms with Crippen LogP contribution in [0.4, 0.5) is 0 Å². The lowest BCUT2D eigenvalue weighted by molar-refractivity contribution is -0.121. The monoisotopic (exact) mass is 401 g/mol. The molecule has 0 aliphatic carbocycles. The smallest absolute Gasteiger partial charge is 0.280 e. The van der Waals surface area contributed by atoms with E-state index in [9.17, 15) is 9.59 Å². The molecule has 0 radical (unpaired) electrons. The lowest BCUT2D eigenvalue weighted by atomic mass is 10.1. The number of hydrogen-bond donors (Lipinski definition) is 1. The van der Waals surface area contributed by atoms with Crippen molar-refractivity contribution < 1.29 is 9.32 Å². The van der Waals surface area contributed by atoms with Gasteiger partial charge >= 0.3 is 0 Å². The summed E-state index contributed by atoms with van der Waals surface area (Å²) < 4.78 is 6.48. The van der Waals surface area contributed by atoms with E-state index >= 15 is 0 Å². The number of carbonyl (C=O) groups is 1. The Balaban J connectivity index is 1.59. The van der Waals surface area contributed by atoms with Gasteiger partial charge in [-0.25, -0.2) is 10.1 Å². The van der Waals surface area contributed by atoms with Crippen LogP contribution in [0.3, 0.4) is 0 Å². The third-order valence-electron chi connectivity index (χ3n) is 4.52. The highest BCUT2D eigenvalue weighted by molar-refractivity contribution is 5.83. The summed E-state index contributed by atoms with van der Waals surface area (Å²) in [7, 11) is 0. The molecule has 0 spiro atoms. The van der Waals surface area contributed by atoms with E-state index in [4.69, 9.17) is 4.52 Å². The third kappa shape index (κ3) is 4.17. The van der Waals surface area contributed by atoms with E-state index in [2.05, 4.69) is 20.8 Å². The van der Waals surface area contributed by atoms with Gasteiger partial charge in [0, 0.05) is 6.42 Å². The molecule has 0 saturated heterocycles. The van der Waals surface area contributed by atoms with Gasteiger partial charge in [0.2, 0.25) is 0 Å². The quantitative estimate of drug-likeness (QED) is 0.395. The number of carbonyl (C=O) groups excluding carboxylic acids is 1. The molecule has 8 heteroatoms. The molecule has 0 aliphatic heterocycles. The summed E-state index contributed by atoms with van der Waals surface area (Å²) in [6, 6.07) is 19.0. The Labute approximate surface area is 171 Å². The van der Waals surface area contributed by atoms with Crippen LogP contribution in [-0.4, -0.2) is 27.1 Å². The molecule has 2 aromatic heterocycles. The first kappa shape index (κ1) is 19.3. The molecule has 2 aromatic carbocycles. The topological polar surface area (TPSA) is 102 Å². The Kier molecular flexibility index (Phi) is 5.47. The van der Waals surface area contributed by atoms with Gasteiger partial charge in [-0.2, -0.15) is 10.2 Å². The number of hydrogen-bond acceptors (Lipinski definition) is 6. The van der Waals surface area contributed by atoms with Gasteiger partial charge in [0.25, 0.3) is 11.5 Å². The molecule has 0 saturated carbocycles. The van der Waals surface area contributed by atoms with Crippen molar-refractivity contribution in [3.05, 3.63) is 93.5 Å². The maximum Gasteiger partial charge on any atom is 0.280 e. The van der Waals surface area contributed by atoms with Gasteiger partial charge in [-0.1, -0.05) is 65.8 Å². The molecule has 0 fully saturated rings. The van der Waals surface area contributed by atoms with Crippen molar-refractivity contribution in [2.45, 2.75) is 19.9 Å². The minimum atomic E-state index is -0.462. The van der Waals surface area contributed by atoms with E-state index in [1.807, 2.05) is 60.7 Å². The number of fused-ring (bicyclic) bond motifs is 1. The molecule has 2 heterocycles. The average molecular weight is 401 g/mol. The normalized spacial score (nSPS) is 11.2. The molecular formula is C22H19N5O3. The molecule has 0 aliphatic rings. The highest BCUT2D eigenvalue weighted by atomic mass is 16.5. The molecule has 0 atom stereocenters. The second kappa shape index (κ2) is 8.52. The van der Waals surface area contributed by atoms with Crippen molar-refractivity contribution >= 4 is 23.1 Å². The van der Waals surface area contributed by atoms with E-state index in [0.717, 1.165) is 15.8 Å². The SMILES string of the molecule is Cc1noc2c(Cc3ccccc3)nn(CC(=O)N/N=C\c3ccccc3)c(=O)c12. The maximum atomic E-state index is 12.8. The van der Waals surface area contributed by atoms with Crippen LogP contribution in [0, 0.1) is 6.92 Å². The van der Waals surface area contributed by atoms with Crippen LogP contribution >= 0.6 is 0 Å². The molecule has 4 aromatic rings. The van der Waals surface area contributed by atoms with E-state index in [1.165, 1.54) is 6.21 Å². The van der Waals surface area contributed by atoms with Crippen LogP contribution in [0.1, 0.15) is 22.5 Å². The summed E-state index contributed by atoms with van der Waals surface area (Å²) in [4.78, 5) is 25.1. The molecule has 0 unspecified atom stereocenters.